The standard InChI is InChI=1S/C11H22N4O2S/c1-5-10-11(8-15(4)13-10)14-18(16,17)9(3)7-12-6-2/h8-9,12,14H,5-7H2,1-4H3. The van der Waals surface area contributed by atoms with E-state index < -0.39 is 15.3 Å². The van der Waals surface area contributed by atoms with Gasteiger partial charge in [0.2, 0.25) is 10.0 Å². The molecule has 0 radical (unpaired) electrons. The van der Waals surface area contributed by atoms with Crippen LogP contribution in [0.4, 0.5) is 5.69 Å². The fourth-order valence-corrected chi connectivity index (χ4v) is 2.61. The Bertz CT molecular complexity index is 481. The van der Waals surface area contributed by atoms with Gasteiger partial charge in [0, 0.05) is 19.8 Å². The minimum absolute atomic E-state index is 0.438. The van der Waals surface area contributed by atoms with Crippen LogP contribution in [-0.4, -0.2) is 36.5 Å². The van der Waals surface area contributed by atoms with E-state index in [2.05, 4.69) is 15.1 Å². The Morgan fingerprint density at radius 1 is 1.44 bits per heavy atom. The normalized spacial score (nSPS) is 13.6. The number of anilines is 1. The lowest BCUT2D eigenvalue weighted by atomic mass is 10.3. The summed E-state index contributed by atoms with van der Waals surface area (Å²) in [6, 6.07) is 0. The molecule has 1 aromatic rings. The topological polar surface area (TPSA) is 76.0 Å². The highest BCUT2D eigenvalue weighted by molar-refractivity contribution is 7.93. The number of hydrogen-bond donors (Lipinski definition) is 2. The van der Waals surface area contributed by atoms with Crippen LogP contribution in [0, 0.1) is 0 Å². The van der Waals surface area contributed by atoms with Gasteiger partial charge in [-0.25, -0.2) is 8.42 Å². The molecule has 0 aliphatic heterocycles. The second kappa shape index (κ2) is 6.19. The van der Waals surface area contributed by atoms with E-state index in [4.69, 9.17) is 0 Å². The molecule has 0 amide bonds. The van der Waals surface area contributed by atoms with Crippen LogP contribution in [0.25, 0.3) is 0 Å². The minimum atomic E-state index is -3.37. The van der Waals surface area contributed by atoms with Crippen LogP contribution >= 0.6 is 0 Å². The van der Waals surface area contributed by atoms with E-state index in [-0.39, 0.29) is 0 Å². The zero-order valence-corrected chi connectivity index (χ0v) is 12.2. The van der Waals surface area contributed by atoms with Gasteiger partial charge >= 0.3 is 0 Å². The highest BCUT2D eigenvalue weighted by Gasteiger charge is 2.22. The van der Waals surface area contributed by atoms with Crippen molar-refractivity contribution in [1.82, 2.24) is 15.1 Å². The lowest BCUT2D eigenvalue weighted by Gasteiger charge is -2.14. The molecule has 0 saturated heterocycles. The molecule has 1 aromatic heterocycles. The van der Waals surface area contributed by atoms with Crippen molar-refractivity contribution in [2.45, 2.75) is 32.4 Å². The number of sulfonamides is 1. The van der Waals surface area contributed by atoms with Gasteiger partial charge in [-0.3, -0.25) is 9.40 Å². The average molecular weight is 274 g/mol. The maximum Gasteiger partial charge on any atom is 0.236 e. The Hall–Kier alpha value is -1.08. The van der Waals surface area contributed by atoms with Crippen LogP contribution in [0.1, 0.15) is 26.5 Å². The Morgan fingerprint density at radius 3 is 2.67 bits per heavy atom. The van der Waals surface area contributed by atoms with E-state index in [0.717, 1.165) is 12.2 Å². The summed E-state index contributed by atoms with van der Waals surface area (Å²) < 4.78 is 28.4. The number of aromatic nitrogens is 2. The molecule has 1 rings (SSSR count). The number of aryl methyl sites for hydroxylation is 2. The molecule has 0 aliphatic carbocycles. The van der Waals surface area contributed by atoms with Crippen molar-refractivity contribution in [3.63, 3.8) is 0 Å². The van der Waals surface area contributed by atoms with Gasteiger partial charge in [0.1, 0.15) is 0 Å². The molecule has 2 N–H and O–H groups in total. The molecule has 1 heterocycles. The van der Waals surface area contributed by atoms with Crippen molar-refractivity contribution in [2.75, 3.05) is 17.8 Å². The van der Waals surface area contributed by atoms with Crippen molar-refractivity contribution >= 4 is 15.7 Å². The van der Waals surface area contributed by atoms with E-state index in [1.54, 1.807) is 24.9 Å². The predicted octanol–water partition coefficient (Wildman–Crippen LogP) is 0.722. The third kappa shape index (κ3) is 3.71. The third-order valence-electron chi connectivity index (χ3n) is 2.70. The van der Waals surface area contributed by atoms with Crippen LogP contribution in [0.5, 0.6) is 0 Å². The van der Waals surface area contributed by atoms with E-state index in [1.165, 1.54) is 0 Å². The van der Waals surface area contributed by atoms with Crippen molar-refractivity contribution in [3.8, 4) is 0 Å². The summed E-state index contributed by atoms with van der Waals surface area (Å²) in [6.45, 7) is 6.78. The molecule has 0 aliphatic rings. The smallest absolute Gasteiger partial charge is 0.236 e. The second-order valence-corrected chi connectivity index (χ2v) is 6.38. The number of hydrogen-bond acceptors (Lipinski definition) is 4. The Morgan fingerprint density at radius 2 is 2.11 bits per heavy atom. The van der Waals surface area contributed by atoms with Crippen molar-refractivity contribution < 1.29 is 8.42 Å². The summed E-state index contributed by atoms with van der Waals surface area (Å²) in [4.78, 5) is 0. The van der Waals surface area contributed by atoms with Crippen LogP contribution in [0.2, 0.25) is 0 Å². The van der Waals surface area contributed by atoms with Gasteiger partial charge in [-0.2, -0.15) is 5.10 Å². The summed E-state index contributed by atoms with van der Waals surface area (Å²) in [6.07, 6.45) is 2.39. The first-order valence-electron chi connectivity index (χ1n) is 6.15. The molecule has 7 heteroatoms. The van der Waals surface area contributed by atoms with E-state index in [1.807, 2.05) is 13.8 Å². The van der Waals surface area contributed by atoms with Crippen LogP contribution < -0.4 is 10.0 Å². The van der Waals surface area contributed by atoms with Gasteiger partial charge < -0.3 is 5.32 Å². The molecular weight excluding hydrogens is 252 g/mol. The van der Waals surface area contributed by atoms with Gasteiger partial charge in [0.15, 0.2) is 0 Å². The monoisotopic (exact) mass is 274 g/mol. The SMILES string of the molecule is CCNCC(C)S(=O)(=O)Nc1cn(C)nc1CC. The molecular formula is C11H22N4O2S. The fourth-order valence-electron chi connectivity index (χ4n) is 1.59. The minimum Gasteiger partial charge on any atom is -0.316 e. The number of nitrogens with zero attached hydrogens (tertiary/aromatic N) is 2. The molecule has 0 fully saturated rings. The molecule has 1 atom stereocenters. The molecule has 0 bridgehead atoms. The van der Waals surface area contributed by atoms with E-state index in [9.17, 15) is 8.42 Å². The Labute approximate surface area is 109 Å². The number of nitrogens with one attached hydrogen (secondary N) is 2. The average Bonchev–Trinajstić information content (AvgIpc) is 2.65. The summed E-state index contributed by atoms with van der Waals surface area (Å²) in [5.74, 6) is 0. The second-order valence-electron chi connectivity index (χ2n) is 4.28. The van der Waals surface area contributed by atoms with Crippen LogP contribution in [0.3, 0.4) is 0 Å². The van der Waals surface area contributed by atoms with Crippen molar-refractivity contribution in [3.05, 3.63) is 11.9 Å². The lowest BCUT2D eigenvalue weighted by Crippen LogP contribution is -2.34. The Kier molecular flexibility index (Phi) is 5.15. The fraction of sp³-hybridized carbons (Fsp3) is 0.727. The van der Waals surface area contributed by atoms with Gasteiger partial charge in [-0.1, -0.05) is 13.8 Å². The molecule has 6 nitrogen and oxygen atoms in total. The maximum atomic E-state index is 12.1. The molecule has 1 unspecified atom stereocenters. The predicted molar refractivity (Wildman–Crippen MR) is 73.1 cm³/mol. The van der Waals surface area contributed by atoms with E-state index in [0.29, 0.717) is 18.7 Å². The van der Waals surface area contributed by atoms with Gasteiger partial charge in [-0.05, 0) is 19.9 Å². The van der Waals surface area contributed by atoms with Crippen molar-refractivity contribution in [2.24, 2.45) is 7.05 Å². The first kappa shape index (κ1) is 15.0. The quantitative estimate of drug-likeness (QED) is 0.768. The van der Waals surface area contributed by atoms with Gasteiger partial charge in [0.25, 0.3) is 0 Å². The van der Waals surface area contributed by atoms with Gasteiger partial charge in [-0.15, -0.1) is 0 Å². The summed E-state index contributed by atoms with van der Waals surface area (Å²) in [5, 5.41) is 6.76. The molecule has 18 heavy (non-hydrogen) atoms. The first-order valence-corrected chi connectivity index (χ1v) is 7.70. The van der Waals surface area contributed by atoms with Gasteiger partial charge in [0.05, 0.1) is 16.6 Å². The largest absolute Gasteiger partial charge is 0.316 e. The molecule has 0 saturated carbocycles. The molecule has 0 spiro atoms. The summed E-state index contributed by atoms with van der Waals surface area (Å²) >= 11 is 0. The molecule has 104 valence electrons. The third-order valence-corrected chi connectivity index (χ3v) is 4.43. The van der Waals surface area contributed by atoms with Crippen molar-refractivity contribution in [1.29, 1.82) is 0 Å². The zero-order chi connectivity index (χ0) is 13.8. The maximum absolute atomic E-state index is 12.1. The van der Waals surface area contributed by atoms with Crippen LogP contribution in [0.15, 0.2) is 6.20 Å². The van der Waals surface area contributed by atoms with Crippen LogP contribution in [-0.2, 0) is 23.5 Å². The summed E-state index contributed by atoms with van der Waals surface area (Å²) in [5.41, 5.74) is 1.33. The number of rotatable bonds is 7. The zero-order valence-electron chi connectivity index (χ0n) is 11.4. The first-order chi connectivity index (χ1) is 8.40. The summed E-state index contributed by atoms with van der Waals surface area (Å²) in [7, 11) is -1.59. The highest BCUT2D eigenvalue weighted by Crippen LogP contribution is 2.16. The van der Waals surface area contributed by atoms with E-state index >= 15 is 0 Å². The lowest BCUT2D eigenvalue weighted by molar-refractivity contribution is 0.579. The highest BCUT2D eigenvalue weighted by atomic mass is 32.2. The molecule has 0 aromatic carbocycles. The Balaban J connectivity index is 2.81.